The molecule has 9 heteroatoms. The Balaban J connectivity index is 1.97. The van der Waals surface area contributed by atoms with Crippen LogP contribution in [-0.2, 0) is 4.79 Å². The molecule has 0 spiro atoms. The number of nitro groups is 1. The molecule has 2 rings (SSSR count). The van der Waals surface area contributed by atoms with Crippen LogP contribution in [0.15, 0.2) is 53.0 Å². The van der Waals surface area contributed by atoms with Crippen molar-refractivity contribution in [1.29, 1.82) is 0 Å². The first kappa shape index (κ1) is 19.0. The first-order valence-electron chi connectivity index (χ1n) is 6.85. The van der Waals surface area contributed by atoms with Crippen LogP contribution in [0.25, 0.3) is 6.08 Å². The Morgan fingerprint density at radius 2 is 2.00 bits per heavy atom. The smallest absolute Gasteiger partial charge is 0.270 e. The maximum Gasteiger partial charge on any atom is 0.270 e. The van der Waals surface area contributed by atoms with Gasteiger partial charge in [0.2, 0.25) is 5.91 Å². The highest BCUT2D eigenvalue weighted by molar-refractivity contribution is 9.10. The molecular weight excluding hydrogens is 430 g/mol. The monoisotopic (exact) mass is 439 g/mol. The summed E-state index contributed by atoms with van der Waals surface area (Å²) < 4.78 is 0.449. The first-order chi connectivity index (χ1) is 11.9. The minimum absolute atomic E-state index is 0.0587. The molecule has 0 bridgehead atoms. The van der Waals surface area contributed by atoms with E-state index in [-0.39, 0.29) is 10.8 Å². The molecule has 25 heavy (non-hydrogen) atoms. The zero-order valence-corrected chi connectivity index (χ0v) is 15.7. The maximum absolute atomic E-state index is 11.9. The number of non-ortho nitro benzene ring substituents is 1. The number of hydrogen-bond acceptors (Lipinski definition) is 4. The Bertz CT molecular complexity index is 873. The molecular formula is C16H11BrClN3O3S. The normalized spacial score (nSPS) is 10.5. The predicted octanol–water partition coefficient (Wildman–Crippen LogP) is 4.54. The van der Waals surface area contributed by atoms with Gasteiger partial charge >= 0.3 is 0 Å². The van der Waals surface area contributed by atoms with Gasteiger partial charge in [-0.2, -0.15) is 0 Å². The molecule has 0 fully saturated rings. The highest BCUT2D eigenvalue weighted by atomic mass is 79.9. The van der Waals surface area contributed by atoms with Gasteiger partial charge in [0.15, 0.2) is 5.11 Å². The van der Waals surface area contributed by atoms with E-state index in [2.05, 4.69) is 26.6 Å². The van der Waals surface area contributed by atoms with Crippen molar-refractivity contribution < 1.29 is 9.72 Å². The molecule has 0 saturated carbocycles. The van der Waals surface area contributed by atoms with Crippen LogP contribution in [0.5, 0.6) is 0 Å². The largest absolute Gasteiger partial charge is 0.331 e. The van der Waals surface area contributed by atoms with Crippen molar-refractivity contribution >= 4 is 68.2 Å². The predicted molar refractivity (Wildman–Crippen MR) is 106 cm³/mol. The number of benzene rings is 2. The van der Waals surface area contributed by atoms with E-state index < -0.39 is 10.8 Å². The van der Waals surface area contributed by atoms with E-state index in [1.807, 2.05) is 6.07 Å². The fraction of sp³-hybridized carbons (Fsp3) is 0. The summed E-state index contributed by atoms with van der Waals surface area (Å²) >= 11 is 14.3. The summed E-state index contributed by atoms with van der Waals surface area (Å²) in [5, 5.41) is 16.6. The van der Waals surface area contributed by atoms with Crippen molar-refractivity contribution in [2.24, 2.45) is 0 Å². The van der Waals surface area contributed by atoms with Crippen molar-refractivity contribution in [1.82, 2.24) is 5.32 Å². The van der Waals surface area contributed by atoms with Gasteiger partial charge in [-0.1, -0.05) is 29.8 Å². The molecule has 2 aromatic carbocycles. The fourth-order valence-electron chi connectivity index (χ4n) is 1.80. The average Bonchev–Trinajstić information content (AvgIpc) is 2.55. The van der Waals surface area contributed by atoms with Crippen LogP contribution in [0.2, 0.25) is 5.02 Å². The lowest BCUT2D eigenvalue weighted by molar-refractivity contribution is -0.384. The lowest BCUT2D eigenvalue weighted by Gasteiger charge is -2.09. The fourth-order valence-corrected chi connectivity index (χ4v) is 2.68. The second kappa shape index (κ2) is 8.70. The number of hydrogen-bond donors (Lipinski definition) is 2. The molecule has 0 unspecified atom stereocenters. The van der Waals surface area contributed by atoms with Crippen molar-refractivity contribution in [3.05, 3.63) is 73.7 Å². The van der Waals surface area contributed by atoms with Gasteiger partial charge in [0.1, 0.15) is 0 Å². The van der Waals surface area contributed by atoms with Gasteiger partial charge in [-0.3, -0.25) is 20.2 Å². The quantitative estimate of drug-likeness (QED) is 0.316. The summed E-state index contributed by atoms with van der Waals surface area (Å²) in [4.78, 5) is 22.1. The summed E-state index contributed by atoms with van der Waals surface area (Å²) in [5.41, 5.74) is 1.14. The van der Waals surface area contributed by atoms with E-state index in [9.17, 15) is 14.9 Å². The van der Waals surface area contributed by atoms with Crippen LogP contribution < -0.4 is 10.6 Å². The lowest BCUT2D eigenvalue weighted by atomic mass is 10.2. The molecule has 0 aliphatic carbocycles. The standard InChI is InChI=1S/C16H11BrClN3O3S/c17-12-9-11(21(23)24)6-7-14(12)19-16(25)20-15(22)8-5-10-3-1-2-4-13(10)18/h1-9H,(H2,19,20,22,25)/b8-5+. The molecule has 128 valence electrons. The Kier molecular flexibility index (Phi) is 6.63. The highest BCUT2D eigenvalue weighted by Crippen LogP contribution is 2.27. The van der Waals surface area contributed by atoms with E-state index in [1.54, 1.807) is 24.3 Å². The number of carbonyl (C=O) groups is 1. The molecule has 6 nitrogen and oxygen atoms in total. The molecule has 2 N–H and O–H groups in total. The van der Waals surface area contributed by atoms with E-state index >= 15 is 0 Å². The van der Waals surface area contributed by atoms with Crippen molar-refractivity contribution in [2.45, 2.75) is 0 Å². The Hall–Kier alpha value is -2.29. The third-order valence-electron chi connectivity index (χ3n) is 2.97. The summed E-state index contributed by atoms with van der Waals surface area (Å²) in [7, 11) is 0. The topological polar surface area (TPSA) is 84.3 Å². The second-order valence-corrected chi connectivity index (χ2v) is 6.39. The highest BCUT2D eigenvalue weighted by Gasteiger charge is 2.10. The number of rotatable bonds is 4. The summed E-state index contributed by atoms with van der Waals surface area (Å²) in [6, 6.07) is 11.2. The Morgan fingerprint density at radius 1 is 1.28 bits per heavy atom. The lowest BCUT2D eigenvalue weighted by Crippen LogP contribution is -2.32. The van der Waals surface area contributed by atoms with Crippen LogP contribution >= 0.6 is 39.7 Å². The molecule has 1 amide bonds. The first-order valence-corrected chi connectivity index (χ1v) is 8.43. The molecule has 0 aliphatic heterocycles. The zero-order valence-electron chi connectivity index (χ0n) is 12.5. The second-order valence-electron chi connectivity index (χ2n) is 4.72. The number of amides is 1. The summed E-state index contributed by atoms with van der Waals surface area (Å²) in [5.74, 6) is -0.435. The van der Waals surface area contributed by atoms with E-state index in [4.69, 9.17) is 23.8 Å². The Labute approximate surface area is 162 Å². The van der Waals surface area contributed by atoms with E-state index in [0.29, 0.717) is 20.7 Å². The molecule has 0 heterocycles. The third kappa shape index (κ3) is 5.63. The third-order valence-corrected chi connectivity index (χ3v) is 4.17. The minimum Gasteiger partial charge on any atom is -0.331 e. The van der Waals surface area contributed by atoms with Gasteiger partial charge in [-0.15, -0.1) is 0 Å². The summed E-state index contributed by atoms with van der Waals surface area (Å²) in [6.45, 7) is 0. The van der Waals surface area contributed by atoms with Gasteiger partial charge in [-0.05, 0) is 51.9 Å². The Morgan fingerprint density at radius 3 is 2.64 bits per heavy atom. The van der Waals surface area contributed by atoms with Gasteiger partial charge < -0.3 is 5.32 Å². The zero-order chi connectivity index (χ0) is 18.4. The van der Waals surface area contributed by atoms with Crippen molar-refractivity contribution in [3.8, 4) is 0 Å². The van der Waals surface area contributed by atoms with Gasteiger partial charge in [0.05, 0.1) is 10.6 Å². The number of halogens is 2. The SMILES string of the molecule is O=C(/C=C/c1ccccc1Cl)NC(=S)Nc1ccc([N+](=O)[O-])cc1Br. The van der Waals surface area contributed by atoms with Crippen LogP contribution in [0, 0.1) is 10.1 Å². The number of nitrogens with one attached hydrogen (secondary N) is 2. The van der Waals surface area contributed by atoms with Crippen LogP contribution in [0.4, 0.5) is 11.4 Å². The molecule has 2 aromatic rings. The number of thiocarbonyl (C=S) groups is 1. The average molecular weight is 441 g/mol. The van der Waals surface area contributed by atoms with Gasteiger partial charge in [-0.25, -0.2) is 0 Å². The van der Waals surface area contributed by atoms with E-state index in [1.165, 1.54) is 24.3 Å². The van der Waals surface area contributed by atoms with Crippen LogP contribution in [-0.4, -0.2) is 15.9 Å². The van der Waals surface area contributed by atoms with Crippen LogP contribution in [0.3, 0.4) is 0 Å². The van der Waals surface area contributed by atoms with Gasteiger partial charge in [0.25, 0.3) is 5.69 Å². The number of anilines is 1. The maximum atomic E-state index is 11.9. The van der Waals surface area contributed by atoms with Gasteiger partial charge in [0, 0.05) is 27.7 Å². The molecule has 0 aromatic heterocycles. The number of nitro benzene ring substituents is 1. The van der Waals surface area contributed by atoms with E-state index in [0.717, 1.165) is 0 Å². The minimum atomic E-state index is -0.506. The number of nitrogens with zero attached hydrogens (tertiary/aromatic N) is 1. The summed E-state index contributed by atoms with van der Waals surface area (Å²) in [6.07, 6.45) is 2.88. The molecule has 0 atom stereocenters. The number of carbonyl (C=O) groups excluding carboxylic acids is 1. The molecule has 0 saturated heterocycles. The van der Waals surface area contributed by atoms with Crippen molar-refractivity contribution in [2.75, 3.05) is 5.32 Å². The molecule has 0 radical (unpaired) electrons. The van der Waals surface area contributed by atoms with Crippen molar-refractivity contribution in [3.63, 3.8) is 0 Å². The van der Waals surface area contributed by atoms with Crippen LogP contribution in [0.1, 0.15) is 5.56 Å². The molecule has 0 aliphatic rings.